The van der Waals surface area contributed by atoms with Crippen LogP contribution >= 0.6 is 11.8 Å². The van der Waals surface area contributed by atoms with Crippen molar-refractivity contribution >= 4 is 35.6 Å². The van der Waals surface area contributed by atoms with Crippen LogP contribution in [0.5, 0.6) is 0 Å². The highest BCUT2D eigenvalue weighted by Crippen LogP contribution is 2.47. The minimum Gasteiger partial charge on any atom is -0.461 e. The van der Waals surface area contributed by atoms with Gasteiger partial charge in [0.25, 0.3) is 0 Å². The number of rotatable bonds is 22. The molecular weight excluding hydrogens is 881 g/mol. The van der Waals surface area contributed by atoms with Crippen LogP contribution in [-0.2, 0) is 64.2 Å². The minimum absolute atomic E-state index is 0.0259. The summed E-state index contributed by atoms with van der Waals surface area (Å²) in [5.41, 5.74) is 3.14. The zero-order chi connectivity index (χ0) is 49.2. The summed E-state index contributed by atoms with van der Waals surface area (Å²) >= 11 is 1.09. The highest BCUT2D eigenvalue weighted by Gasteiger charge is 2.49. The molecule has 0 spiro atoms. The quantitative estimate of drug-likeness (QED) is 0.0486. The Morgan fingerprint density at radius 3 is 0.957 bits per heavy atom. The van der Waals surface area contributed by atoms with Crippen LogP contribution in [0.4, 0.5) is 0 Å². The molecule has 6 rings (SSSR count). The van der Waals surface area contributed by atoms with Gasteiger partial charge in [-0.05, 0) is 101 Å². The zero-order valence-corrected chi connectivity index (χ0v) is 41.5. The Kier molecular flexibility index (Phi) is 19.0. The molecule has 9 heteroatoms. The van der Waals surface area contributed by atoms with Crippen molar-refractivity contribution < 1.29 is 38.1 Å². The molecule has 0 radical (unpaired) electrons. The first kappa shape index (κ1) is 51.9. The molecule has 0 N–H and O–H groups in total. The molecule has 0 aliphatic heterocycles. The minimum atomic E-state index is -1.20. The van der Waals surface area contributed by atoms with Crippen molar-refractivity contribution in [2.24, 2.45) is 11.8 Å². The van der Waals surface area contributed by atoms with Gasteiger partial charge in [0.15, 0.2) is 0 Å². The summed E-state index contributed by atoms with van der Waals surface area (Å²) in [5, 5.41) is -2.40. The molecule has 0 aromatic heterocycles. The number of ether oxygens (including phenoxy) is 4. The summed E-state index contributed by atoms with van der Waals surface area (Å²) in [4.78, 5) is 60.8. The van der Waals surface area contributed by atoms with Gasteiger partial charge in [-0.3, -0.25) is 19.2 Å². The van der Waals surface area contributed by atoms with E-state index in [2.05, 4.69) is 0 Å². The number of thioether (sulfide) groups is 1. The maximum absolute atomic E-state index is 15.4. The average Bonchev–Trinajstić information content (AvgIpc) is 3.34. The van der Waals surface area contributed by atoms with Gasteiger partial charge >= 0.3 is 23.9 Å². The molecule has 0 amide bonds. The topological polar surface area (TPSA) is 105 Å². The van der Waals surface area contributed by atoms with Crippen LogP contribution in [0.3, 0.4) is 0 Å². The standard InChI is InChI=1S/C60H66O8S/c1-59(2,3)67-57(63)53(51(47-33-21-11-22-34-47)49(39-37-43-25-13-7-14-26-43)55(61)65-41-45-29-17-9-18-30-45)69-54(58(64)68-60(4,5)6)52(48-35-23-12-24-36-48)50(40-38-44-27-15-8-16-28-44)56(62)66-42-46-31-19-10-20-32-46/h7-36,49-54H,37-42H2,1-6H3. The van der Waals surface area contributed by atoms with Crippen molar-refractivity contribution in [2.45, 2.75) is 114 Å². The van der Waals surface area contributed by atoms with E-state index in [4.69, 9.17) is 18.9 Å². The number of carbonyl (C=O) groups excluding carboxylic acids is 4. The number of benzene rings is 6. The third-order valence-corrected chi connectivity index (χ3v) is 13.2. The van der Waals surface area contributed by atoms with E-state index < -0.39 is 69.3 Å². The van der Waals surface area contributed by atoms with Gasteiger partial charge in [0.2, 0.25) is 0 Å². The van der Waals surface area contributed by atoms with E-state index in [0.29, 0.717) is 36.8 Å². The number of aryl methyl sites for hydroxylation is 2. The van der Waals surface area contributed by atoms with Gasteiger partial charge in [-0.25, -0.2) is 0 Å². The van der Waals surface area contributed by atoms with E-state index in [1.807, 2.05) is 182 Å². The lowest BCUT2D eigenvalue weighted by Crippen LogP contribution is -2.44. The molecule has 360 valence electrons. The maximum Gasteiger partial charge on any atom is 0.320 e. The highest BCUT2D eigenvalue weighted by molar-refractivity contribution is 8.02. The molecule has 0 fully saturated rings. The van der Waals surface area contributed by atoms with Crippen molar-refractivity contribution in [2.75, 3.05) is 0 Å². The summed E-state index contributed by atoms with van der Waals surface area (Å²) in [7, 11) is 0. The Balaban J connectivity index is 1.54. The van der Waals surface area contributed by atoms with E-state index in [0.717, 1.165) is 34.0 Å². The Morgan fingerprint density at radius 2 is 0.667 bits per heavy atom. The summed E-state index contributed by atoms with van der Waals surface area (Å²) in [6.07, 6.45) is 1.61. The first-order valence-corrected chi connectivity index (χ1v) is 24.8. The SMILES string of the molecule is CC(C)(C)OC(=O)C(SC(C(=O)OC(C)(C)C)C(c1ccccc1)C(CCc1ccccc1)C(=O)OCc1ccccc1)C(c1ccccc1)C(CCc1ccccc1)C(=O)OCc1ccccc1. The molecule has 6 unspecified atom stereocenters. The number of esters is 4. The van der Waals surface area contributed by atoms with Gasteiger partial charge in [-0.2, -0.15) is 0 Å². The smallest absolute Gasteiger partial charge is 0.320 e. The van der Waals surface area contributed by atoms with Gasteiger partial charge in [-0.1, -0.05) is 182 Å². The van der Waals surface area contributed by atoms with Gasteiger partial charge in [0, 0.05) is 11.8 Å². The first-order chi connectivity index (χ1) is 33.1. The molecule has 6 aromatic rings. The van der Waals surface area contributed by atoms with Crippen molar-refractivity contribution in [3.63, 3.8) is 0 Å². The average molecular weight is 947 g/mol. The lowest BCUT2D eigenvalue weighted by Gasteiger charge is -2.38. The lowest BCUT2D eigenvalue weighted by molar-refractivity contribution is -0.157. The molecule has 69 heavy (non-hydrogen) atoms. The predicted octanol–water partition coefficient (Wildman–Crippen LogP) is 12.7. The van der Waals surface area contributed by atoms with E-state index in [1.54, 1.807) is 41.5 Å². The molecule has 0 heterocycles. The summed E-state index contributed by atoms with van der Waals surface area (Å²) in [5.74, 6) is -5.78. The highest BCUT2D eigenvalue weighted by atomic mass is 32.2. The van der Waals surface area contributed by atoms with E-state index in [9.17, 15) is 9.59 Å². The van der Waals surface area contributed by atoms with Gasteiger partial charge in [-0.15, -0.1) is 11.8 Å². The molecule has 0 saturated heterocycles. The molecule has 6 aromatic carbocycles. The van der Waals surface area contributed by atoms with Crippen LogP contribution in [0.25, 0.3) is 0 Å². The fourth-order valence-electron chi connectivity index (χ4n) is 8.53. The fourth-order valence-corrected chi connectivity index (χ4v) is 10.2. The fraction of sp³-hybridized carbons (Fsp3) is 0.333. The lowest BCUT2D eigenvalue weighted by atomic mass is 9.79. The van der Waals surface area contributed by atoms with Crippen LogP contribution in [-0.4, -0.2) is 45.6 Å². The number of hydrogen-bond acceptors (Lipinski definition) is 9. The monoisotopic (exact) mass is 946 g/mol. The van der Waals surface area contributed by atoms with Gasteiger partial charge in [0.05, 0.1) is 11.8 Å². The zero-order valence-electron chi connectivity index (χ0n) is 40.7. The molecule has 0 saturated carbocycles. The summed E-state index contributed by atoms with van der Waals surface area (Å²) in [6.45, 7) is 10.8. The maximum atomic E-state index is 15.4. The van der Waals surface area contributed by atoms with Crippen LogP contribution < -0.4 is 0 Å². The summed E-state index contributed by atoms with van der Waals surface area (Å²) in [6, 6.07) is 57.7. The molecule has 0 bridgehead atoms. The van der Waals surface area contributed by atoms with Gasteiger partial charge < -0.3 is 18.9 Å². The van der Waals surface area contributed by atoms with E-state index in [1.165, 1.54) is 0 Å². The van der Waals surface area contributed by atoms with Crippen molar-refractivity contribution in [1.29, 1.82) is 0 Å². The molecule has 0 aliphatic carbocycles. The van der Waals surface area contributed by atoms with Crippen LogP contribution in [0.15, 0.2) is 182 Å². The largest absolute Gasteiger partial charge is 0.461 e. The van der Waals surface area contributed by atoms with Crippen LogP contribution in [0.1, 0.15) is 99.6 Å². The summed E-state index contributed by atoms with van der Waals surface area (Å²) < 4.78 is 25.1. The Labute approximate surface area is 413 Å². The second-order valence-electron chi connectivity index (χ2n) is 19.4. The second kappa shape index (κ2) is 25.2. The number of hydrogen-bond donors (Lipinski definition) is 0. The van der Waals surface area contributed by atoms with E-state index in [-0.39, 0.29) is 13.2 Å². The molecular formula is C60H66O8S. The number of carbonyl (C=O) groups is 4. The second-order valence-corrected chi connectivity index (χ2v) is 20.7. The Hall–Kier alpha value is -6.45. The third-order valence-electron chi connectivity index (χ3n) is 11.7. The van der Waals surface area contributed by atoms with Crippen molar-refractivity contribution in [1.82, 2.24) is 0 Å². The Bertz CT molecular complexity index is 2310. The molecule has 8 nitrogen and oxygen atoms in total. The molecule has 6 atom stereocenters. The molecule has 0 aliphatic rings. The van der Waals surface area contributed by atoms with Crippen molar-refractivity contribution in [3.05, 3.63) is 215 Å². The van der Waals surface area contributed by atoms with Crippen LogP contribution in [0, 0.1) is 11.8 Å². The Morgan fingerprint density at radius 1 is 0.391 bits per heavy atom. The van der Waals surface area contributed by atoms with Gasteiger partial charge in [0.1, 0.15) is 34.9 Å². The predicted molar refractivity (Wildman–Crippen MR) is 274 cm³/mol. The third kappa shape index (κ3) is 16.3. The van der Waals surface area contributed by atoms with Crippen LogP contribution in [0.2, 0.25) is 0 Å². The van der Waals surface area contributed by atoms with E-state index >= 15 is 9.59 Å². The van der Waals surface area contributed by atoms with Crippen molar-refractivity contribution in [3.8, 4) is 0 Å². The normalized spacial score (nSPS) is 14.2. The first-order valence-electron chi connectivity index (χ1n) is 23.9.